The molecule has 1 aliphatic rings. The topological polar surface area (TPSA) is 29.5 Å². The molecule has 0 saturated heterocycles. The van der Waals surface area contributed by atoms with E-state index in [9.17, 15) is 4.79 Å². The van der Waals surface area contributed by atoms with Gasteiger partial charge in [-0.05, 0) is 64.5 Å². The SMILES string of the molecule is CSC(=O)C#CC(C)(C)N(C)C1CCCC1Oc1ccccc1. The Labute approximate surface area is 143 Å². The Morgan fingerprint density at radius 1 is 1.30 bits per heavy atom. The average molecular weight is 331 g/mol. The molecule has 124 valence electrons. The Hall–Kier alpha value is -1.44. The normalized spacial score (nSPS) is 20.9. The number of para-hydroxylation sites is 1. The van der Waals surface area contributed by atoms with Gasteiger partial charge in [-0.15, -0.1) is 0 Å². The van der Waals surface area contributed by atoms with Gasteiger partial charge in [-0.2, -0.15) is 0 Å². The van der Waals surface area contributed by atoms with Crippen LogP contribution >= 0.6 is 11.8 Å². The Bertz CT molecular complexity index is 588. The molecule has 1 fully saturated rings. The van der Waals surface area contributed by atoms with Gasteiger partial charge >= 0.3 is 0 Å². The lowest BCUT2D eigenvalue weighted by atomic mass is 10.00. The third-order valence-electron chi connectivity index (χ3n) is 4.48. The van der Waals surface area contributed by atoms with Crippen molar-refractivity contribution in [3.8, 4) is 17.6 Å². The van der Waals surface area contributed by atoms with Crippen LogP contribution in [0.5, 0.6) is 5.75 Å². The molecule has 0 heterocycles. The van der Waals surface area contributed by atoms with Gasteiger partial charge in [0.2, 0.25) is 0 Å². The Morgan fingerprint density at radius 3 is 2.65 bits per heavy atom. The van der Waals surface area contributed by atoms with Crippen LogP contribution < -0.4 is 4.74 Å². The van der Waals surface area contributed by atoms with Crippen molar-refractivity contribution in [2.24, 2.45) is 0 Å². The zero-order valence-electron chi connectivity index (χ0n) is 14.3. The Balaban J connectivity index is 2.08. The van der Waals surface area contributed by atoms with Crippen LogP contribution in [0.25, 0.3) is 0 Å². The van der Waals surface area contributed by atoms with E-state index < -0.39 is 0 Å². The molecule has 3 nitrogen and oxygen atoms in total. The highest BCUT2D eigenvalue weighted by molar-refractivity contribution is 8.13. The Morgan fingerprint density at radius 2 is 2.00 bits per heavy atom. The quantitative estimate of drug-likeness (QED) is 0.789. The largest absolute Gasteiger partial charge is 0.489 e. The van der Waals surface area contributed by atoms with Gasteiger partial charge in [0.15, 0.2) is 0 Å². The van der Waals surface area contributed by atoms with Gasteiger partial charge in [0.25, 0.3) is 5.12 Å². The first-order chi connectivity index (χ1) is 10.9. The first kappa shape index (κ1) is 17.9. The molecule has 0 spiro atoms. The van der Waals surface area contributed by atoms with E-state index in [2.05, 4.69) is 37.6 Å². The second kappa shape index (κ2) is 7.90. The van der Waals surface area contributed by atoms with Gasteiger partial charge in [-0.3, -0.25) is 9.69 Å². The number of ether oxygens (including phenoxy) is 1. The minimum absolute atomic E-state index is 0.0880. The van der Waals surface area contributed by atoms with E-state index in [1.54, 1.807) is 6.26 Å². The summed E-state index contributed by atoms with van der Waals surface area (Å²) in [6, 6.07) is 10.3. The standard InChI is InChI=1S/C19H25NO2S/c1-19(2,14-13-18(21)23-4)20(3)16-11-8-12-17(16)22-15-9-6-5-7-10-15/h5-7,9-10,16-17H,8,11-12H2,1-4H3. The lowest BCUT2D eigenvalue weighted by Crippen LogP contribution is -2.50. The van der Waals surface area contributed by atoms with Gasteiger partial charge in [0.1, 0.15) is 11.9 Å². The van der Waals surface area contributed by atoms with Crippen LogP contribution in [0.4, 0.5) is 0 Å². The second-order valence-corrected chi connectivity index (χ2v) is 7.16. The fourth-order valence-corrected chi connectivity index (χ4v) is 3.07. The molecule has 2 rings (SSSR count). The predicted octanol–water partition coefficient (Wildman–Crippen LogP) is 3.59. The highest BCUT2D eigenvalue weighted by atomic mass is 32.2. The van der Waals surface area contributed by atoms with Crippen molar-refractivity contribution >= 4 is 16.9 Å². The molecule has 2 unspecified atom stereocenters. The highest BCUT2D eigenvalue weighted by Gasteiger charge is 2.37. The first-order valence-electron chi connectivity index (χ1n) is 8.00. The molecule has 4 heteroatoms. The smallest absolute Gasteiger partial charge is 0.262 e. The van der Waals surface area contributed by atoms with Crippen LogP contribution in [0.1, 0.15) is 33.1 Å². The van der Waals surface area contributed by atoms with Gasteiger partial charge < -0.3 is 4.74 Å². The van der Waals surface area contributed by atoms with Gasteiger partial charge in [0.05, 0.1) is 5.54 Å². The molecule has 0 N–H and O–H groups in total. The molecular weight excluding hydrogens is 306 g/mol. The molecule has 0 amide bonds. The summed E-state index contributed by atoms with van der Waals surface area (Å²) < 4.78 is 6.19. The number of rotatable bonds is 4. The van der Waals surface area contributed by atoms with Crippen molar-refractivity contribution in [1.82, 2.24) is 4.90 Å². The number of benzene rings is 1. The van der Waals surface area contributed by atoms with E-state index in [1.165, 1.54) is 0 Å². The van der Waals surface area contributed by atoms with Gasteiger partial charge in [0, 0.05) is 6.04 Å². The summed E-state index contributed by atoms with van der Waals surface area (Å²) in [7, 11) is 2.08. The lowest BCUT2D eigenvalue weighted by Gasteiger charge is -2.38. The number of hydrogen-bond acceptors (Lipinski definition) is 4. The van der Waals surface area contributed by atoms with E-state index >= 15 is 0 Å². The number of likely N-dealkylation sites (N-methyl/N-ethyl adjacent to an activating group) is 1. The summed E-state index contributed by atoms with van der Waals surface area (Å²) in [5.74, 6) is 6.77. The van der Waals surface area contributed by atoms with Crippen LogP contribution in [0.2, 0.25) is 0 Å². The maximum absolute atomic E-state index is 11.5. The van der Waals surface area contributed by atoms with Crippen LogP contribution in [0.15, 0.2) is 30.3 Å². The second-order valence-electron chi connectivity index (χ2n) is 6.38. The molecule has 0 aromatic heterocycles. The average Bonchev–Trinajstić information content (AvgIpc) is 3.00. The lowest BCUT2D eigenvalue weighted by molar-refractivity contribution is -0.106. The van der Waals surface area contributed by atoms with Crippen molar-refractivity contribution in [2.45, 2.75) is 50.8 Å². The molecule has 23 heavy (non-hydrogen) atoms. The third-order valence-corrected chi connectivity index (χ3v) is 4.96. The summed E-state index contributed by atoms with van der Waals surface area (Å²) >= 11 is 1.16. The van der Waals surface area contributed by atoms with Gasteiger partial charge in [-0.25, -0.2) is 0 Å². The molecule has 2 atom stereocenters. The number of carbonyl (C=O) groups excluding carboxylic acids is 1. The van der Waals surface area contributed by atoms with E-state index in [1.807, 2.05) is 30.3 Å². The maximum Gasteiger partial charge on any atom is 0.262 e. The first-order valence-corrected chi connectivity index (χ1v) is 9.22. The molecule has 0 bridgehead atoms. The van der Waals surface area contributed by atoms with Crippen LogP contribution in [0, 0.1) is 11.8 Å². The van der Waals surface area contributed by atoms with Crippen molar-refractivity contribution in [1.29, 1.82) is 0 Å². The van der Waals surface area contributed by atoms with E-state index in [-0.39, 0.29) is 16.8 Å². The minimum Gasteiger partial charge on any atom is -0.489 e. The fraction of sp³-hybridized carbons (Fsp3) is 0.526. The molecule has 1 aliphatic carbocycles. The third kappa shape index (κ3) is 4.76. The van der Waals surface area contributed by atoms with Crippen molar-refractivity contribution in [3.05, 3.63) is 30.3 Å². The van der Waals surface area contributed by atoms with E-state index in [0.717, 1.165) is 36.8 Å². The van der Waals surface area contributed by atoms with Crippen molar-refractivity contribution in [2.75, 3.05) is 13.3 Å². The van der Waals surface area contributed by atoms with Crippen molar-refractivity contribution in [3.63, 3.8) is 0 Å². The zero-order valence-corrected chi connectivity index (χ0v) is 15.2. The Kier molecular flexibility index (Phi) is 6.15. The summed E-state index contributed by atoms with van der Waals surface area (Å²) in [5.41, 5.74) is -0.362. The number of nitrogens with zero attached hydrogens (tertiary/aromatic N) is 1. The molecule has 1 aromatic carbocycles. The summed E-state index contributed by atoms with van der Waals surface area (Å²) in [5, 5.41) is -0.0880. The van der Waals surface area contributed by atoms with Gasteiger partial charge in [-0.1, -0.05) is 35.9 Å². The minimum atomic E-state index is -0.362. The molecule has 1 aromatic rings. The predicted molar refractivity (Wildman–Crippen MR) is 96.6 cm³/mol. The molecular formula is C19H25NO2S. The van der Waals surface area contributed by atoms with Crippen LogP contribution in [-0.2, 0) is 4.79 Å². The highest BCUT2D eigenvalue weighted by Crippen LogP contribution is 2.31. The number of hydrogen-bond donors (Lipinski definition) is 0. The summed E-state index contributed by atoms with van der Waals surface area (Å²) in [6.45, 7) is 4.12. The maximum atomic E-state index is 11.5. The number of carbonyl (C=O) groups is 1. The van der Waals surface area contributed by atoms with E-state index in [4.69, 9.17) is 4.74 Å². The number of thioether (sulfide) groups is 1. The monoisotopic (exact) mass is 331 g/mol. The summed E-state index contributed by atoms with van der Waals surface area (Å²) in [4.78, 5) is 13.7. The van der Waals surface area contributed by atoms with Crippen molar-refractivity contribution < 1.29 is 9.53 Å². The zero-order chi connectivity index (χ0) is 16.9. The van der Waals surface area contributed by atoms with E-state index in [0.29, 0.717) is 6.04 Å². The molecule has 0 aliphatic heterocycles. The van der Waals surface area contributed by atoms with Crippen LogP contribution in [-0.4, -0.2) is 41.0 Å². The molecule has 1 saturated carbocycles. The molecule has 0 radical (unpaired) electrons. The fourth-order valence-electron chi connectivity index (χ4n) is 2.92. The summed E-state index contributed by atoms with van der Waals surface area (Å²) in [6.07, 6.45) is 5.22. The van der Waals surface area contributed by atoms with Crippen LogP contribution in [0.3, 0.4) is 0 Å².